The zero-order chi connectivity index (χ0) is 13.0. The van der Waals surface area contributed by atoms with E-state index in [0.717, 1.165) is 11.3 Å². The van der Waals surface area contributed by atoms with Crippen LogP contribution in [0.15, 0.2) is 42.9 Å². The van der Waals surface area contributed by atoms with Crippen molar-refractivity contribution in [2.45, 2.75) is 19.0 Å². The lowest BCUT2D eigenvalue weighted by atomic mass is 10.1. The van der Waals surface area contributed by atoms with E-state index in [4.69, 9.17) is 10.8 Å². The first-order valence-electron chi connectivity index (χ1n) is 5.68. The maximum atomic E-state index is 10.7. The fraction of sp³-hybridized carbons (Fsp3) is 0.231. The second-order valence-electron chi connectivity index (χ2n) is 4.15. The molecule has 94 valence electrons. The molecule has 18 heavy (non-hydrogen) atoms. The van der Waals surface area contributed by atoms with Crippen LogP contribution in [-0.4, -0.2) is 26.7 Å². The third-order valence-corrected chi connectivity index (χ3v) is 2.74. The standard InChI is InChI=1S/C13H15N3O2/c14-12(13(17)18)6-11-7-15-9-16(11)8-10-4-2-1-3-5-10/h1-5,7,9,12H,6,8,14H2,(H,17,18). The van der Waals surface area contributed by atoms with E-state index in [1.54, 1.807) is 12.5 Å². The summed E-state index contributed by atoms with van der Waals surface area (Å²) in [6, 6.07) is 9.03. The first-order chi connectivity index (χ1) is 8.66. The van der Waals surface area contributed by atoms with Crippen molar-refractivity contribution in [3.8, 4) is 0 Å². The largest absolute Gasteiger partial charge is 0.480 e. The van der Waals surface area contributed by atoms with Gasteiger partial charge < -0.3 is 15.4 Å². The molecule has 0 aliphatic heterocycles. The topological polar surface area (TPSA) is 81.1 Å². The van der Waals surface area contributed by atoms with Crippen LogP contribution in [0.5, 0.6) is 0 Å². The molecule has 0 spiro atoms. The lowest BCUT2D eigenvalue weighted by molar-refractivity contribution is -0.138. The third kappa shape index (κ3) is 2.95. The molecule has 1 heterocycles. The Morgan fingerprint density at radius 2 is 2.11 bits per heavy atom. The minimum absolute atomic E-state index is 0.280. The van der Waals surface area contributed by atoms with Gasteiger partial charge in [0.1, 0.15) is 6.04 Å². The van der Waals surface area contributed by atoms with E-state index < -0.39 is 12.0 Å². The Morgan fingerprint density at radius 3 is 2.78 bits per heavy atom. The van der Waals surface area contributed by atoms with Crippen LogP contribution in [0.25, 0.3) is 0 Å². The highest BCUT2D eigenvalue weighted by molar-refractivity contribution is 5.73. The van der Waals surface area contributed by atoms with Crippen LogP contribution < -0.4 is 5.73 Å². The number of carboxylic acid groups (broad SMARTS) is 1. The van der Waals surface area contributed by atoms with Gasteiger partial charge in [-0.15, -0.1) is 0 Å². The number of nitrogens with zero attached hydrogens (tertiary/aromatic N) is 2. The Hall–Kier alpha value is -2.14. The third-order valence-electron chi connectivity index (χ3n) is 2.74. The van der Waals surface area contributed by atoms with Crippen molar-refractivity contribution < 1.29 is 9.90 Å². The second-order valence-corrected chi connectivity index (χ2v) is 4.15. The molecule has 0 aliphatic rings. The van der Waals surface area contributed by atoms with E-state index >= 15 is 0 Å². The number of imidazole rings is 1. The summed E-state index contributed by atoms with van der Waals surface area (Å²) in [5, 5.41) is 8.81. The molecule has 3 N–H and O–H groups in total. The molecule has 1 unspecified atom stereocenters. The maximum Gasteiger partial charge on any atom is 0.320 e. The van der Waals surface area contributed by atoms with Crippen molar-refractivity contribution in [3.63, 3.8) is 0 Å². The number of hydrogen-bond donors (Lipinski definition) is 2. The summed E-state index contributed by atoms with van der Waals surface area (Å²) in [5.41, 5.74) is 7.50. The Bertz CT molecular complexity index is 522. The molecular weight excluding hydrogens is 230 g/mol. The zero-order valence-corrected chi connectivity index (χ0v) is 9.86. The van der Waals surface area contributed by atoms with Gasteiger partial charge in [-0.05, 0) is 5.56 Å². The van der Waals surface area contributed by atoms with E-state index in [-0.39, 0.29) is 6.42 Å². The molecule has 0 fully saturated rings. The van der Waals surface area contributed by atoms with Gasteiger partial charge in [0.15, 0.2) is 0 Å². The van der Waals surface area contributed by atoms with Crippen molar-refractivity contribution in [1.82, 2.24) is 9.55 Å². The van der Waals surface area contributed by atoms with Crippen molar-refractivity contribution in [2.24, 2.45) is 5.73 Å². The first kappa shape index (κ1) is 12.3. The van der Waals surface area contributed by atoms with Gasteiger partial charge in [0.2, 0.25) is 0 Å². The highest BCUT2D eigenvalue weighted by atomic mass is 16.4. The lowest BCUT2D eigenvalue weighted by Gasteiger charge is -2.10. The maximum absolute atomic E-state index is 10.7. The highest BCUT2D eigenvalue weighted by Crippen LogP contribution is 2.07. The number of carboxylic acids is 1. The fourth-order valence-corrected chi connectivity index (χ4v) is 1.75. The minimum Gasteiger partial charge on any atom is -0.480 e. The van der Waals surface area contributed by atoms with Crippen LogP contribution in [0.1, 0.15) is 11.3 Å². The van der Waals surface area contributed by atoms with Gasteiger partial charge in [0.25, 0.3) is 0 Å². The Balaban J connectivity index is 2.11. The van der Waals surface area contributed by atoms with Gasteiger partial charge in [-0.2, -0.15) is 0 Å². The smallest absolute Gasteiger partial charge is 0.320 e. The van der Waals surface area contributed by atoms with Crippen LogP contribution >= 0.6 is 0 Å². The van der Waals surface area contributed by atoms with Crippen molar-refractivity contribution in [1.29, 1.82) is 0 Å². The van der Waals surface area contributed by atoms with Crippen LogP contribution in [0.3, 0.4) is 0 Å². The van der Waals surface area contributed by atoms with Crippen molar-refractivity contribution in [2.75, 3.05) is 0 Å². The van der Waals surface area contributed by atoms with Gasteiger partial charge in [-0.1, -0.05) is 30.3 Å². The van der Waals surface area contributed by atoms with Gasteiger partial charge in [-0.25, -0.2) is 4.98 Å². The molecule has 2 aromatic rings. The molecule has 1 aromatic heterocycles. The normalized spacial score (nSPS) is 12.3. The Labute approximate surface area is 105 Å². The van der Waals surface area contributed by atoms with Crippen LogP contribution in [0.2, 0.25) is 0 Å². The number of carbonyl (C=O) groups is 1. The predicted octanol–water partition coefficient (Wildman–Crippen LogP) is 0.886. The van der Waals surface area contributed by atoms with E-state index in [2.05, 4.69) is 4.98 Å². The summed E-state index contributed by atoms with van der Waals surface area (Å²) in [6.07, 6.45) is 3.63. The second kappa shape index (κ2) is 5.46. The van der Waals surface area contributed by atoms with Crippen LogP contribution in [0, 0.1) is 0 Å². The molecule has 0 aliphatic carbocycles. The molecule has 2 rings (SSSR count). The summed E-state index contributed by atoms with van der Waals surface area (Å²) >= 11 is 0. The van der Waals surface area contributed by atoms with Gasteiger partial charge in [0.05, 0.1) is 6.33 Å². The molecule has 1 aromatic carbocycles. The molecule has 5 nitrogen and oxygen atoms in total. The highest BCUT2D eigenvalue weighted by Gasteiger charge is 2.14. The molecule has 1 atom stereocenters. The zero-order valence-electron chi connectivity index (χ0n) is 9.86. The van der Waals surface area contributed by atoms with Crippen molar-refractivity contribution in [3.05, 3.63) is 54.1 Å². The Morgan fingerprint density at radius 1 is 1.39 bits per heavy atom. The van der Waals surface area contributed by atoms with Gasteiger partial charge >= 0.3 is 5.97 Å². The fourth-order valence-electron chi connectivity index (χ4n) is 1.75. The van der Waals surface area contributed by atoms with E-state index in [0.29, 0.717) is 6.54 Å². The summed E-state index contributed by atoms with van der Waals surface area (Å²) in [7, 11) is 0. The molecule has 0 bridgehead atoms. The summed E-state index contributed by atoms with van der Waals surface area (Å²) in [5.74, 6) is -0.998. The number of hydrogen-bond acceptors (Lipinski definition) is 3. The number of benzene rings is 1. The SMILES string of the molecule is NC(Cc1cncn1Cc1ccccc1)C(=O)O. The quantitative estimate of drug-likeness (QED) is 0.819. The molecule has 5 heteroatoms. The number of aromatic nitrogens is 2. The summed E-state index contributed by atoms with van der Waals surface area (Å²) < 4.78 is 1.91. The van der Waals surface area contributed by atoms with E-state index in [1.807, 2.05) is 34.9 Å². The molecule has 0 radical (unpaired) electrons. The van der Waals surface area contributed by atoms with Gasteiger partial charge in [-0.3, -0.25) is 4.79 Å². The molecular formula is C13H15N3O2. The first-order valence-corrected chi connectivity index (χ1v) is 5.68. The number of nitrogens with two attached hydrogens (primary N) is 1. The number of rotatable bonds is 5. The van der Waals surface area contributed by atoms with E-state index in [1.165, 1.54) is 0 Å². The van der Waals surface area contributed by atoms with Crippen molar-refractivity contribution >= 4 is 5.97 Å². The monoisotopic (exact) mass is 245 g/mol. The minimum atomic E-state index is -0.998. The summed E-state index contributed by atoms with van der Waals surface area (Å²) in [6.45, 7) is 0.669. The molecule has 0 amide bonds. The van der Waals surface area contributed by atoms with Crippen LogP contribution in [-0.2, 0) is 17.8 Å². The predicted molar refractivity (Wildman–Crippen MR) is 67.1 cm³/mol. The molecule has 0 saturated heterocycles. The van der Waals surface area contributed by atoms with E-state index in [9.17, 15) is 4.79 Å². The van der Waals surface area contributed by atoms with Crippen LogP contribution in [0.4, 0.5) is 0 Å². The lowest BCUT2D eigenvalue weighted by Crippen LogP contribution is -2.33. The average Bonchev–Trinajstić information content (AvgIpc) is 2.78. The molecule has 0 saturated carbocycles. The van der Waals surface area contributed by atoms with Gasteiger partial charge in [0, 0.05) is 24.9 Å². The average molecular weight is 245 g/mol. The Kier molecular flexibility index (Phi) is 3.74. The number of aliphatic carboxylic acids is 1. The summed E-state index contributed by atoms with van der Waals surface area (Å²) in [4.78, 5) is 14.8.